The molecule has 0 bridgehead atoms. The van der Waals surface area contributed by atoms with Gasteiger partial charge in [0.05, 0.1) is 25.3 Å². The lowest BCUT2D eigenvalue weighted by atomic mass is 9.99. The monoisotopic (exact) mass is 693 g/mol. The maximum atomic E-state index is 13.2. The van der Waals surface area contributed by atoms with Gasteiger partial charge in [-0.2, -0.15) is 0 Å². The van der Waals surface area contributed by atoms with Crippen molar-refractivity contribution in [1.82, 2.24) is 25.1 Å². The van der Waals surface area contributed by atoms with E-state index in [1.54, 1.807) is 11.3 Å². The molecular weight excluding hydrogens is 658 g/mol. The summed E-state index contributed by atoms with van der Waals surface area (Å²) in [5.74, 6) is 2.28. The molecule has 12 heteroatoms. The van der Waals surface area contributed by atoms with E-state index >= 15 is 0 Å². The third-order valence-electron chi connectivity index (χ3n) is 8.94. The summed E-state index contributed by atoms with van der Waals surface area (Å²) in [6.07, 6.45) is 3.00. The van der Waals surface area contributed by atoms with Gasteiger partial charge in [-0.1, -0.05) is 41.9 Å². The molecule has 0 saturated heterocycles. The summed E-state index contributed by atoms with van der Waals surface area (Å²) in [5.41, 5.74) is 8.23. The molecular formula is C37H36ClN7O3S. The summed E-state index contributed by atoms with van der Waals surface area (Å²) < 4.78 is 7.81. The van der Waals surface area contributed by atoms with E-state index in [4.69, 9.17) is 21.3 Å². The molecule has 250 valence electrons. The first-order valence-electron chi connectivity index (χ1n) is 16.3. The first-order chi connectivity index (χ1) is 23.7. The average Bonchev–Trinajstić information content (AvgIpc) is 3.73. The number of amides is 1. The number of carbonyl (C=O) groups excluding carboxylic acids is 2. The lowest BCUT2D eigenvalue weighted by Gasteiger charge is -2.13. The molecule has 2 N–H and O–H groups in total. The molecule has 0 radical (unpaired) electrons. The lowest BCUT2D eigenvalue weighted by molar-refractivity contribution is -0.121. The number of halogens is 1. The molecule has 0 saturated carbocycles. The van der Waals surface area contributed by atoms with E-state index in [0.29, 0.717) is 50.0 Å². The van der Waals surface area contributed by atoms with E-state index in [1.165, 1.54) is 4.88 Å². The highest BCUT2D eigenvalue weighted by molar-refractivity contribution is 7.15. The number of rotatable bonds is 11. The number of fused-ring (bicyclic) bond motifs is 4. The summed E-state index contributed by atoms with van der Waals surface area (Å²) in [5, 5.41) is 16.8. The Morgan fingerprint density at radius 3 is 2.51 bits per heavy atom. The van der Waals surface area contributed by atoms with Crippen LogP contribution in [0.15, 0.2) is 65.8 Å². The number of thiophene rings is 1. The zero-order chi connectivity index (χ0) is 34.1. The number of carbonyl (C=O) groups is 2. The molecule has 2 aliphatic rings. The van der Waals surface area contributed by atoms with Gasteiger partial charge in [0.2, 0.25) is 5.91 Å². The Morgan fingerprint density at radius 1 is 0.959 bits per heavy atom. The first-order valence-corrected chi connectivity index (χ1v) is 17.5. The van der Waals surface area contributed by atoms with Crippen molar-refractivity contribution in [1.29, 1.82) is 0 Å². The molecule has 3 aromatic heterocycles. The summed E-state index contributed by atoms with van der Waals surface area (Å²) in [4.78, 5) is 35.8. The number of aliphatic imine (C=N–C) groups is 1. The van der Waals surface area contributed by atoms with Gasteiger partial charge in [0.15, 0.2) is 5.82 Å². The fourth-order valence-corrected chi connectivity index (χ4v) is 7.64. The highest BCUT2D eigenvalue weighted by Crippen LogP contribution is 2.39. The SMILES string of the molecule is Cc1sc2c(c1C)C(c1ccc(Cl)cc1)=N[C@@H](CC(=O)NCCOCCNc1ccc(-c3ccc4c(c3)CC(=O)C4)cn1)c1nnc(C)n1-2. The van der Waals surface area contributed by atoms with Crippen LogP contribution in [-0.4, -0.2) is 63.5 Å². The number of nitrogens with zero attached hydrogens (tertiary/aromatic N) is 5. The van der Waals surface area contributed by atoms with Gasteiger partial charge in [-0.25, -0.2) is 4.98 Å². The minimum atomic E-state index is -0.526. The number of aromatic nitrogens is 4. The Kier molecular flexibility index (Phi) is 9.40. The summed E-state index contributed by atoms with van der Waals surface area (Å²) in [6, 6.07) is 17.2. The summed E-state index contributed by atoms with van der Waals surface area (Å²) in [7, 11) is 0. The number of ether oxygens (including phenoxy) is 1. The molecule has 10 nitrogen and oxygen atoms in total. The van der Waals surface area contributed by atoms with Crippen molar-refractivity contribution >= 4 is 46.2 Å². The largest absolute Gasteiger partial charge is 0.378 e. The number of aryl methyl sites for hydroxylation is 2. The van der Waals surface area contributed by atoms with E-state index in [2.05, 4.69) is 45.7 Å². The molecule has 0 spiro atoms. The highest BCUT2D eigenvalue weighted by atomic mass is 35.5. The molecule has 49 heavy (non-hydrogen) atoms. The van der Waals surface area contributed by atoms with E-state index in [1.807, 2.05) is 66.2 Å². The summed E-state index contributed by atoms with van der Waals surface area (Å²) >= 11 is 7.89. The molecule has 5 aromatic rings. The number of benzene rings is 2. The van der Waals surface area contributed by atoms with Gasteiger partial charge < -0.3 is 15.4 Å². The Bertz CT molecular complexity index is 2070. The van der Waals surface area contributed by atoms with E-state index < -0.39 is 6.04 Å². The molecule has 1 atom stereocenters. The van der Waals surface area contributed by atoms with Gasteiger partial charge in [0, 0.05) is 58.7 Å². The molecule has 0 fully saturated rings. The van der Waals surface area contributed by atoms with Crippen LogP contribution in [0.3, 0.4) is 0 Å². The molecule has 1 aliphatic carbocycles. The van der Waals surface area contributed by atoms with Gasteiger partial charge in [0.25, 0.3) is 0 Å². The molecule has 1 aliphatic heterocycles. The Morgan fingerprint density at radius 2 is 1.71 bits per heavy atom. The highest BCUT2D eigenvalue weighted by Gasteiger charge is 2.32. The minimum absolute atomic E-state index is 0.120. The van der Waals surface area contributed by atoms with Crippen LogP contribution in [0.5, 0.6) is 0 Å². The molecule has 0 unspecified atom stereocenters. The van der Waals surface area contributed by atoms with E-state index in [9.17, 15) is 9.59 Å². The maximum Gasteiger partial charge on any atom is 0.222 e. The van der Waals surface area contributed by atoms with Crippen molar-refractivity contribution in [2.24, 2.45) is 4.99 Å². The third-order valence-corrected chi connectivity index (χ3v) is 10.4. The number of pyridine rings is 1. The Balaban J connectivity index is 0.919. The second-order valence-electron chi connectivity index (χ2n) is 12.3. The fraction of sp³-hybridized carbons (Fsp3) is 0.297. The zero-order valence-corrected chi connectivity index (χ0v) is 29.1. The quantitative estimate of drug-likeness (QED) is 0.159. The molecule has 2 aromatic carbocycles. The van der Waals surface area contributed by atoms with Crippen molar-refractivity contribution in [2.45, 2.75) is 46.1 Å². The van der Waals surface area contributed by atoms with Crippen molar-refractivity contribution in [3.63, 3.8) is 0 Å². The number of ketones is 1. The van der Waals surface area contributed by atoms with Crippen LogP contribution >= 0.6 is 22.9 Å². The van der Waals surface area contributed by atoms with Crippen molar-refractivity contribution in [3.8, 4) is 16.1 Å². The van der Waals surface area contributed by atoms with Crippen LogP contribution in [0.25, 0.3) is 16.1 Å². The van der Waals surface area contributed by atoms with Gasteiger partial charge in [-0.15, -0.1) is 21.5 Å². The smallest absolute Gasteiger partial charge is 0.222 e. The van der Waals surface area contributed by atoms with Crippen LogP contribution in [0, 0.1) is 20.8 Å². The maximum absolute atomic E-state index is 13.2. The van der Waals surface area contributed by atoms with Crippen molar-refractivity contribution in [3.05, 3.63) is 110 Å². The van der Waals surface area contributed by atoms with Crippen LogP contribution in [-0.2, 0) is 27.2 Å². The average molecular weight is 694 g/mol. The number of Topliss-reactive ketones (excluding diaryl/α,β-unsaturated/α-hetero) is 1. The Labute approximate surface area is 293 Å². The van der Waals surface area contributed by atoms with Crippen LogP contribution in [0.4, 0.5) is 5.82 Å². The topological polar surface area (TPSA) is 123 Å². The second kappa shape index (κ2) is 14.0. The number of nitrogens with one attached hydrogen (secondary N) is 2. The van der Waals surface area contributed by atoms with Crippen molar-refractivity contribution in [2.75, 3.05) is 31.6 Å². The standard InChI is InChI=1S/C37H36ClN7O3S/c1-21-22(2)49-37-34(21)35(24-6-9-29(38)10-7-24)42-31(36-44-43-23(3)45(36)37)19-33(47)40-13-15-48-14-12-39-32-11-8-27(20-41-32)25-4-5-26-17-30(46)18-28(26)16-25/h4-11,16,20,31H,12-15,17-19H2,1-3H3,(H,39,41)(H,40,47)/t31-/m0/s1. The predicted molar refractivity (Wildman–Crippen MR) is 192 cm³/mol. The lowest BCUT2D eigenvalue weighted by Crippen LogP contribution is -2.29. The number of anilines is 1. The van der Waals surface area contributed by atoms with Gasteiger partial charge in [0.1, 0.15) is 28.5 Å². The predicted octanol–water partition coefficient (Wildman–Crippen LogP) is 6.16. The molecule has 4 heterocycles. The third kappa shape index (κ3) is 6.92. The van der Waals surface area contributed by atoms with Gasteiger partial charge in [-0.3, -0.25) is 19.1 Å². The molecule has 7 rings (SSSR count). The van der Waals surface area contributed by atoms with E-state index in [-0.39, 0.29) is 18.1 Å². The van der Waals surface area contributed by atoms with Crippen LogP contribution in [0.2, 0.25) is 5.02 Å². The van der Waals surface area contributed by atoms with Crippen LogP contribution in [0.1, 0.15) is 56.8 Å². The zero-order valence-electron chi connectivity index (χ0n) is 27.5. The van der Waals surface area contributed by atoms with Gasteiger partial charge in [-0.05, 0) is 67.3 Å². The normalized spacial score (nSPS) is 14.9. The summed E-state index contributed by atoms with van der Waals surface area (Å²) in [6.45, 7) is 7.90. The number of hydrogen-bond donors (Lipinski definition) is 2. The first kappa shape index (κ1) is 32.8. The molecule has 1 amide bonds. The van der Waals surface area contributed by atoms with Crippen molar-refractivity contribution < 1.29 is 14.3 Å². The van der Waals surface area contributed by atoms with Crippen LogP contribution < -0.4 is 10.6 Å². The number of hydrogen-bond acceptors (Lipinski definition) is 9. The fourth-order valence-electron chi connectivity index (χ4n) is 6.30. The minimum Gasteiger partial charge on any atom is -0.378 e. The van der Waals surface area contributed by atoms with E-state index in [0.717, 1.165) is 61.3 Å². The Hall–Kier alpha value is -4.71. The van der Waals surface area contributed by atoms with Gasteiger partial charge >= 0.3 is 0 Å². The second-order valence-corrected chi connectivity index (χ2v) is 13.9.